The SMILES string of the molecule is C/C=C(\C=C/c1ccc2ncc(/C(C=N)=C/NC)cc2c(=O)c1)CS(=O)(=O)NCc1cnsc1. The van der Waals surface area contributed by atoms with Gasteiger partial charge in [-0.3, -0.25) is 9.78 Å². The maximum absolute atomic E-state index is 12.9. The van der Waals surface area contributed by atoms with Crippen molar-refractivity contribution in [2.45, 2.75) is 13.5 Å². The molecule has 0 radical (unpaired) electrons. The molecule has 176 valence electrons. The second-order valence-electron chi connectivity index (χ2n) is 7.34. The molecule has 0 unspecified atom stereocenters. The zero-order valence-electron chi connectivity index (χ0n) is 18.8. The Bertz CT molecular complexity index is 1430. The molecule has 2 heterocycles. The highest BCUT2D eigenvalue weighted by Gasteiger charge is 2.12. The molecule has 3 rings (SSSR count). The van der Waals surface area contributed by atoms with E-state index in [1.54, 1.807) is 74.4 Å². The predicted octanol–water partition coefficient (Wildman–Crippen LogP) is 3.34. The van der Waals surface area contributed by atoms with Crippen LogP contribution in [0.15, 0.2) is 70.8 Å². The molecule has 0 saturated heterocycles. The first-order chi connectivity index (χ1) is 16.3. The summed E-state index contributed by atoms with van der Waals surface area (Å²) in [6, 6.07) is 6.71. The topological polar surface area (TPSA) is 125 Å². The average Bonchev–Trinajstić information content (AvgIpc) is 3.30. The highest BCUT2D eigenvalue weighted by molar-refractivity contribution is 7.89. The number of hydrogen-bond donors (Lipinski definition) is 3. The molecule has 8 nitrogen and oxygen atoms in total. The molecular formula is C24H25N5O3S2. The minimum absolute atomic E-state index is 0.183. The summed E-state index contributed by atoms with van der Waals surface area (Å²) in [5, 5.41) is 12.7. The van der Waals surface area contributed by atoms with Gasteiger partial charge in [-0.05, 0) is 53.4 Å². The van der Waals surface area contributed by atoms with E-state index >= 15 is 0 Å². The number of pyridine rings is 1. The van der Waals surface area contributed by atoms with Crippen LogP contribution in [0.4, 0.5) is 0 Å². The van der Waals surface area contributed by atoms with E-state index in [4.69, 9.17) is 5.41 Å². The highest BCUT2D eigenvalue weighted by Crippen LogP contribution is 2.16. The van der Waals surface area contributed by atoms with Crippen LogP contribution in [-0.4, -0.2) is 36.8 Å². The normalized spacial score (nSPS) is 12.9. The molecule has 3 aromatic rings. The number of nitrogens with one attached hydrogen (secondary N) is 3. The Morgan fingerprint density at radius 1 is 1.24 bits per heavy atom. The van der Waals surface area contributed by atoms with Crippen molar-refractivity contribution >= 4 is 50.3 Å². The molecular weight excluding hydrogens is 470 g/mol. The van der Waals surface area contributed by atoms with E-state index < -0.39 is 10.0 Å². The van der Waals surface area contributed by atoms with Crippen LogP contribution < -0.4 is 15.5 Å². The molecule has 0 saturated carbocycles. The summed E-state index contributed by atoms with van der Waals surface area (Å²) >= 11 is 1.27. The number of aromatic nitrogens is 2. The van der Waals surface area contributed by atoms with E-state index in [9.17, 15) is 13.2 Å². The predicted molar refractivity (Wildman–Crippen MR) is 139 cm³/mol. The first-order valence-electron chi connectivity index (χ1n) is 10.4. The molecule has 2 aromatic heterocycles. The molecule has 3 N–H and O–H groups in total. The second kappa shape index (κ2) is 11.6. The molecule has 0 fully saturated rings. The van der Waals surface area contributed by atoms with Crippen LogP contribution in [0.5, 0.6) is 0 Å². The van der Waals surface area contributed by atoms with Crippen LogP contribution in [0.3, 0.4) is 0 Å². The molecule has 0 spiro atoms. The fraction of sp³-hybridized carbons (Fsp3) is 0.167. The van der Waals surface area contributed by atoms with Crippen molar-refractivity contribution in [1.29, 1.82) is 5.41 Å². The number of fused-ring (bicyclic) bond motifs is 1. The minimum atomic E-state index is -3.54. The Labute approximate surface area is 202 Å². The van der Waals surface area contributed by atoms with Crippen molar-refractivity contribution in [2.75, 3.05) is 12.8 Å². The third-order valence-corrected chi connectivity index (χ3v) is 6.83. The number of sulfonamides is 1. The lowest BCUT2D eigenvalue weighted by Gasteiger charge is -2.06. The number of hydrogen-bond acceptors (Lipinski definition) is 8. The fourth-order valence-corrected chi connectivity index (χ4v) is 4.82. The standard InChI is InChI=1S/C24H25N5O3S2/c1-3-17(16-34(31,32)29-12-19-11-28-33-15-19)4-5-18-6-7-23-22(24(30)8-18)9-20(14-27-23)21(10-25)13-26-2/h3-11,13-15,25-26,29H,12,16H2,1-2H3/b5-4-,17-3+,21-13+,25-10?. The Hall–Kier alpha value is -3.47. The van der Waals surface area contributed by atoms with Gasteiger partial charge in [0.15, 0.2) is 5.43 Å². The molecule has 10 heteroatoms. The van der Waals surface area contributed by atoms with Crippen LogP contribution in [0, 0.1) is 5.41 Å². The van der Waals surface area contributed by atoms with Gasteiger partial charge in [-0.1, -0.05) is 24.3 Å². The van der Waals surface area contributed by atoms with Gasteiger partial charge in [0.05, 0.1) is 11.3 Å². The molecule has 0 atom stereocenters. The molecule has 0 amide bonds. The molecule has 0 aliphatic carbocycles. The minimum Gasteiger partial charge on any atom is -0.393 e. The van der Waals surface area contributed by atoms with Crippen molar-refractivity contribution in [3.63, 3.8) is 0 Å². The zero-order valence-corrected chi connectivity index (χ0v) is 20.4. The van der Waals surface area contributed by atoms with Crippen molar-refractivity contribution in [1.82, 2.24) is 19.4 Å². The van der Waals surface area contributed by atoms with Crippen LogP contribution in [0.25, 0.3) is 22.6 Å². The van der Waals surface area contributed by atoms with Gasteiger partial charge in [0.25, 0.3) is 0 Å². The van der Waals surface area contributed by atoms with E-state index in [2.05, 4.69) is 19.4 Å². The van der Waals surface area contributed by atoms with Gasteiger partial charge in [0.2, 0.25) is 10.0 Å². The van der Waals surface area contributed by atoms with Crippen molar-refractivity contribution in [2.24, 2.45) is 0 Å². The van der Waals surface area contributed by atoms with E-state index in [0.29, 0.717) is 33.2 Å². The van der Waals surface area contributed by atoms with Gasteiger partial charge in [-0.15, -0.1) is 0 Å². The third kappa shape index (κ3) is 6.77. The summed E-state index contributed by atoms with van der Waals surface area (Å²) in [5.74, 6) is -0.183. The van der Waals surface area contributed by atoms with E-state index in [1.165, 1.54) is 23.8 Å². The smallest absolute Gasteiger partial charge is 0.216 e. The Morgan fingerprint density at radius 3 is 2.74 bits per heavy atom. The van der Waals surface area contributed by atoms with Crippen molar-refractivity contribution in [3.05, 3.63) is 92.9 Å². The Balaban J connectivity index is 1.82. The van der Waals surface area contributed by atoms with Gasteiger partial charge in [0, 0.05) is 60.3 Å². The number of nitrogens with zero attached hydrogens (tertiary/aromatic N) is 2. The Kier molecular flexibility index (Phi) is 8.58. The maximum Gasteiger partial charge on any atom is 0.216 e. The summed E-state index contributed by atoms with van der Waals surface area (Å²) in [6.07, 6.45) is 11.2. The van der Waals surface area contributed by atoms with E-state index in [-0.39, 0.29) is 17.7 Å². The number of allylic oxidation sites excluding steroid dienone is 3. The molecule has 1 aromatic carbocycles. The third-order valence-electron chi connectivity index (χ3n) is 4.90. The summed E-state index contributed by atoms with van der Waals surface area (Å²) in [6.45, 7) is 1.96. The lowest BCUT2D eigenvalue weighted by molar-refractivity contribution is 0.584. The van der Waals surface area contributed by atoms with Gasteiger partial charge in [-0.25, -0.2) is 17.5 Å². The monoisotopic (exact) mass is 495 g/mol. The second-order valence-corrected chi connectivity index (χ2v) is 9.81. The van der Waals surface area contributed by atoms with Gasteiger partial charge >= 0.3 is 0 Å². The van der Waals surface area contributed by atoms with E-state index in [0.717, 1.165) is 5.56 Å². The summed E-state index contributed by atoms with van der Waals surface area (Å²) in [4.78, 5) is 17.2. The van der Waals surface area contributed by atoms with Crippen LogP contribution >= 0.6 is 11.5 Å². The molecule has 34 heavy (non-hydrogen) atoms. The Morgan fingerprint density at radius 2 is 2.06 bits per heavy atom. The average molecular weight is 496 g/mol. The fourth-order valence-electron chi connectivity index (χ4n) is 3.09. The summed E-state index contributed by atoms with van der Waals surface area (Å²) in [7, 11) is -1.81. The lowest BCUT2D eigenvalue weighted by Crippen LogP contribution is -2.26. The van der Waals surface area contributed by atoms with Crippen LogP contribution in [-0.2, 0) is 16.6 Å². The maximum atomic E-state index is 12.9. The molecule has 0 bridgehead atoms. The van der Waals surface area contributed by atoms with Gasteiger partial charge in [-0.2, -0.15) is 0 Å². The van der Waals surface area contributed by atoms with Crippen LogP contribution in [0.1, 0.15) is 23.6 Å². The van der Waals surface area contributed by atoms with Gasteiger partial charge in [0.1, 0.15) is 0 Å². The van der Waals surface area contributed by atoms with E-state index in [1.807, 2.05) is 0 Å². The molecule has 0 aliphatic heterocycles. The van der Waals surface area contributed by atoms with Crippen LogP contribution in [0.2, 0.25) is 0 Å². The first-order valence-corrected chi connectivity index (χ1v) is 12.9. The zero-order chi connectivity index (χ0) is 24.6. The quantitative estimate of drug-likeness (QED) is 0.293. The van der Waals surface area contributed by atoms with Crippen molar-refractivity contribution in [3.8, 4) is 0 Å². The number of rotatable bonds is 10. The summed E-state index contributed by atoms with van der Waals surface area (Å²) in [5.41, 5.74) is 3.59. The lowest BCUT2D eigenvalue weighted by atomic mass is 10.1. The highest BCUT2D eigenvalue weighted by atomic mass is 32.2. The summed E-state index contributed by atoms with van der Waals surface area (Å²) < 4.78 is 31.4. The largest absolute Gasteiger partial charge is 0.393 e. The van der Waals surface area contributed by atoms with Crippen molar-refractivity contribution < 1.29 is 8.42 Å². The first kappa shape index (κ1) is 25.2. The van der Waals surface area contributed by atoms with Gasteiger partial charge < -0.3 is 10.7 Å². The molecule has 0 aliphatic rings.